The molecule has 1 heterocycles. The van der Waals surface area contributed by atoms with E-state index in [2.05, 4.69) is 32.5 Å². The van der Waals surface area contributed by atoms with E-state index in [9.17, 15) is 4.79 Å². The van der Waals surface area contributed by atoms with Gasteiger partial charge in [0, 0.05) is 30.2 Å². The number of carbonyl (C=O) groups is 1. The van der Waals surface area contributed by atoms with Gasteiger partial charge in [0.2, 0.25) is 0 Å². The summed E-state index contributed by atoms with van der Waals surface area (Å²) in [5.41, 5.74) is 2.74. The highest BCUT2D eigenvalue weighted by Crippen LogP contribution is 2.34. The molecule has 3 aromatic rings. The zero-order chi connectivity index (χ0) is 20.3. The third-order valence-electron chi connectivity index (χ3n) is 4.53. The topological polar surface area (TPSA) is 40.9 Å². The minimum atomic E-state index is -0.00341. The fourth-order valence-corrected chi connectivity index (χ4v) is 4.51. The quantitative estimate of drug-likeness (QED) is 0.603. The summed E-state index contributed by atoms with van der Waals surface area (Å²) in [6.45, 7) is 1.48. The number of thiazole rings is 1. The third-order valence-corrected chi connectivity index (χ3v) is 6.35. The van der Waals surface area contributed by atoms with Crippen LogP contribution in [0.2, 0.25) is 0 Å². The summed E-state index contributed by atoms with van der Waals surface area (Å²) >= 11 is 3.26. The Morgan fingerprint density at radius 2 is 1.86 bits per heavy atom. The van der Waals surface area contributed by atoms with E-state index in [0.717, 1.165) is 32.5 Å². The van der Waals surface area contributed by atoms with Crippen LogP contribution in [0.1, 0.15) is 10.4 Å². The lowest BCUT2D eigenvalue weighted by Gasteiger charge is -2.21. The molecule has 0 aliphatic heterocycles. The van der Waals surface area contributed by atoms with Crippen molar-refractivity contribution in [3.63, 3.8) is 0 Å². The SMILES string of the molecule is CSc1cccc2sc(N(CC[NH+](C)C)C(=O)c3ccc(N(C)C)cc3)nc12. The number of nitrogens with zero attached hydrogens (tertiary/aromatic N) is 3. The number of likely N-dealkylation sites (N-methyl/N-ethyl adjacent to an activating group) is 1. The summed E-state index contributed by atoms with van der Waals surface area (Å²) in [4.78, 5) is 24.5. The molecule has 0 aliphatic rings. The smallest absolute Gasteiger partial charge is 0.260 e. The van der Waals surface area contributed by atoms with E-state index in [1.54, 1.807) is 23.1 Å². The Balaban J connectivity index is 1.97. The number of aromatic nitrogens is 1. The molecule has 3 rings (SSSR count). The standard InChI is InChI=1S/C21H26N4OS2/c1-23(2)13-14-25(20(26)15-9-11-16(12-10-15)24(3)4)21-22-19-17(27-5)7-6-8-18(19)28-21/h6-12H,13-14H2,1-5H3/p+1. The van der Waals surface area contributed by atoms with Crippen molar-refractivity contribution in [3.05, 3.63) is 48.0 Å². The molecule has 2 aromatic carbocycles. The molecule has 0 radical (unpaired) electrons. The Labute approximate surface area is 175 Å². The highest BCUT2D eigenvalue weighted by molar-refractivity contribution is 7.98. The number of rotatable bonds is 7. The van der Waals surface area contributed by atoms with Crippen molar-refractivity contribution in [3.8, 4) is 0 Å². The number of carbonyl (C=O) groups excluding carboxylic acids is 1. The molecule has 1 amide bonds. The van der Waals surface area contributed by atoms with Gasteiger partial charge in [-0.1, -0.05) is 17.4 Å². The van der Waals surface area contributed by atoms with Crippen molar-refractivity contribution in [2.75, 3.05) is 57.3 Å². The Morgan fingerprint density at radius 1 is 1.14 bits per heavy atom. The van der Waals surface area contributed by atoms with E-state index in [-0.39, 0.29) is 5.91 Å². The van der Waals surface area contributed by atoms with E-state index >= 15 is 0 Å². The van der Waals surface area contributed by atoms with Crippen LogP contribution in [0, 0.1) is 0 Å². The first-order valence-electron chi connectivity index (χ1n) is 9.22. The number of nitrogens with one attached hydrogen (secondary N) is 1. The molecule has 0 unspecified atom stereocenters. The molecule has 7 heteroatoms. The lowest BCUT2D eigenvalue weighted by molar-refractivity contribution is -0.856. The molecule has 0 atom stereocenters. The van der Waals surface area contributed by atoms with Crippen LogP contribution in [-0.2, 0) is 0 Å². The molecule has 28 heavy (non-hydrogen) atoms. The number of hydrogen-bond donors (Lipinski definition) is 1. The summed E-state index contributed by atoms with van der Waals surface area (Å²) in [6, 6.07) is 13.9. The van der Waals surface area contributed by atoms with Gasteiger partial charge >= 0.3 is 0 Å². The maximum atomic E-state index is 13.3. The molecule has 148 valence electrons. The van der Waals surface area contributed by atoms with E-state index in [0.29, 0.717) is 12.1 Å². The predicted molar refractivity (Wildman–Crippen MR) is 122 cm³/mol. The van der Waals surface area contributed by atoms with Crippen LogP contribution in [-0.4, -0.2) is 58.4 Å². The van der Waals surface area contributed by atoms with E-state index in [4.69, 9.17) is 4.98 Å². The van der Waals surface area contributed by atoms with Crippen LogP contribution in [0.5, 0.6) is 0 Å². The van der Waals surface area contributed by atoms with Crippen LogP contribution < -0.4 is 14.7 Å². The van der Waals surface area contributed by atoms with E-state index in [1.165, 1.54) is 4.90 Å². The first kappa shape index (κ1) is 20.6. The van der Waals surface area contributed by atoms with Crippen molar-refractivity contribution in [2.24, 2.45) is 0 Å². The average Bonchev–Trinajstić information content (AvgIpc) is 3.11. The Kier molecular flexibility index (Phi) is 6.59. The van der Waals surface area contributed by atoms with Crippen LogP contribution in [0.4, 0.5) is 10.8 Å². The lowest BCUT2D eigenvalue weighted by Crippen LogP contribution is -3.06. The summed E-state index contributed by atoms with van der Waals surface area (Å²) in [6.07, 6.45) is 2.05. The van der Waals surface area contributed by atoms with Gasteiger partial charge in [-0.15, -0.1) is 11.8 Å². The Bertz CT molecular complexity index is 951. The highest BCUT2D eigenvalue weighted by atomic mass is 32.2. The van der Waals surface area contributed by atoms with Crippen molar-refractivity contribution >= 4 is 50.0 Å². The molecule has 0 saturated heterocycles. The van der Waals surface area contributed by atoms with Gasteiger partial charge in [0.05, 0.1) is 37.4 Å². The van der Waals surface area contributed by atoms with Gasteiger partial charge in [-0.3, -0.25) is 9.69 Å². The molecule has 1 aromatic heterocycles. The molecular weight excluding hydrogens is 388 g/mol. The lowest BCUT2D eigenvalue weighted by atomic mass is 10.1. The van der Waals surface area contributed by atoms with Gasteiger partial charge in [0.15, 0.2) is 5.13 Å². The Morgan fingerprint density at radius 3 is 2.46 bits per heavy atom. The summed E-state index contributed by atoms with van der Waals surface area (Å²) in [5.74, 6) is -0.00341. The average molecular weight is 416 g/mol. The Hall–Kier alpha value is -2.09. The second kappa shape index (κ2) is 8.94. The van der Waals surface area contributed by atoms with Crippen molar-refractivity contribution in [1.82, 2.24) is 4.98 Å². The maximum absolute atomic E-state index is 13.3. The highest BCUT2D eigenvalue weighted by Gasteiger charge is 2.23. The fraction of sp³-hybridized carbons (Fsp3) is 0.333. The van der Waals surface area contributed by atoms with Crippen LogP contribution in [0.25, 0.3) is 10.2 Å². The van der Waals surface area contributed by atoms with Gasteiger partial charge in [-0.25, -0.2) is 4.98 Å². The number of hydrogen-bond acceptors (Lipinski definition) is 5. The van der Waals surface area contributed by atoms with Crippen LogP contribution in [0.15, 0.2) is 47.4 Å². The van der Waals surface area contributed by atoms with Crippen molar-refractivity contribution in [1.29, 1.82) is 0 Å². The molecule has 0 bridgehead atoms. The van der Waals surface area contributed by atoms with Gasteiger partial charge in [0.1, 0.15) is 0 Å². The molecule has 5 nitrogen and oxygen atoms in total. The minimum absolute atomic E-state index is 0.00341. The van der Waals surface area contributed by atoms with Gasteiger partial charge < -0.3 is 9.80 Å². The van der Waals surface area contributed by atoms with Gasteiger partial charge in [-0.05, 0) is 42.7 Å². The second-order valence-electron chi connectivity index (χ2n) is 7.16. The third kappa shape index (κ3) is 4.48. The fourth-order valence-electron chi connectivity index (χ4n) is 2.87. The van der Waals surface area contributed by atoms with E-state index < -0.39 is 0 Å². The largest absolute Gasteiger partial charge is 0.378 e. The zero-order valence-corrected chi connectivity index (χ0v) is 18.7. The van der Waals surface area contributed by atoms with Gasteiger partial charge in [0.25, 0.3) is 5.91 Å². The number of thioether (sulfide) groups is 1. The molecule has 0 saturated carbocycles. The monoisotopic (exact) mass is 415 g/mol. The number of anilines is 2. The maximum Gasteiger partial charge on any atom is 0.260 e. The first-order chi connectivity index (χ1) is 13.4. The molecule has 0 aliphatic carbocycles. The number of para-hydroxylation sites is 1. The number of fused-ring (bicyclic) bond motifs is 1. The number of benzene rings is 2. The minimum Gasteiger partial charge on any atom is -0.378 e. The summed E-state index contributed by atoms with van der Waals surface area (Å²) < 4.78 is 1.11. The van der Waals surface area contributed by atoms with Crippen molar-refractivity contribution < 1.29 is 9.69 Å². The first-order valence-corrected chi connectivity index (χ1v) is 11.3. The molecule has 0 spiro atoms. The molecule has 0 fully saturated rings. The van der Waals surface area contributed by atoms with E-state index in [1.807, 2.05) is 54.2 Å². The number of quaternary nitrogens is 1. The number of amides is 1. The molecule has 1 N–H and O–H groups in total. The van der Waals surface area contributed by atoms with Crippen LogP contribution >= 0.6 is 23.1 Å². The molecular formula is C21H27N4OS2+. The summed E-state index contributed by atoms with van der Waals surface area (Å²) in [7, 11) is 8.18. The second-order valence-corrected chi connectivity index (χ2v) is 9.02. The normalized spacial score (nSPS) is 11.2. The van der Waals surface area contributed by atoms with Crippen LogP contribution in [0.3, 0.4) is 0 Å². The summed E-state index contributed by atoms with van der Waals surface area (Å²) in [5, 5.41) is 0.763. The van der Waals surface area contributed by atoms with Gasteiger partial charge in [-0.2, -0.15) is 0 Å². The zero-order valence-electron chi connectivity index (χ0n) is 17.0. The predicted octanol–water partition coefficient (Wildman–Crippen LogP) is 2.88. The van der Waals surface area contributed by atoms with Crippen molar-refractivity contribution in [2.45, 2.75) is 4.90 Å².